The van der Waals surface area contributed by atoms with E-state index in [1.54, 1.807) is 6.20 Å². The molecule has 2 aromatic heterocycles. The smallest absolute Gasteiger partial charge is 0.407 e. The maximum atomic E-state index is 13.5. The van der Waals surface area contributed by atoms with Gasteiger partial charge in [-0.25, -0.2) is 14.8 Å². The molecule has 3 amide bonds. The van der Waals surface area contributed by atoms with Crippen LogP contribution in [-0.2, 0) is 14.3 Å². The fourth-order valence-electron chi connectivity index (χ4n) is 7.70. The predicted molar refractivity (Wildman–Crippen MR) is 208 cm³/mol. The van der Waals surface area contributed by atoms with E-state index in [1.165, 1.54) is 7.11 Å². The van der Waals surface area contributed by atoms with Gasteiger partial charge in [0, 0.05) is 24.2 Å². The van der Waals surface area contributed by atoms with E-state index in [-0.39, 0.29) is 41.8 Å². The molecular formula is C42H52N8O4. The van der Waals surface area contributed by atoms with Crippen LogP contribution in [0.15, 0.2) is 60.9 Å². The summed E-state index contributed by atoms with van der Waals surface area (Å²) in [4.78, 5) is 61.0. The Labute approximate surface area is 318 Å². The summed E-state index contributed by atoms with van der Waals surface area (Å²) >= 11 is 0. The number of hydrogen-bond acceptors (Lipinski definition) is 7. The first-order chi connectivity index (χ1) is 25.9. The third-order valence-corrected chi connectivity index (χ3v) is 10.5. The average Bonchev–Trinajstić information content (AvgIpc) is 3.99. The van der Waals surface area contributed by atoms with Crippen LogP contribution in [0.4, 0.5) is 4.79 Å². The molecule has 0 bridgehead atoms. The maximum Gasteiger partial charge on any atom is 0.407 e. The minimum atomic E-state index is -0.679. The van der Waals surface area contributed by atoms with Crippen molar-refractivity contribution in [1.29, 1.82) is 0 Å². The molecule has 2 saturated heterocycles. The molecule has 4 heterocycles. The van der Waals surface area contributed by atoms with Crippen molar-refractivity contribution in [2.24, 2.45) is 11.8 Å². The van der Waals surface area contributed by atoms with Crippen molar-refractivity contribution >= 4 is 17.9 Å². The summed E-state index contributed by atoms with van der Waals surface area (Å²) in [6.07, 6.45) is 6.54. The van der Waals surface area contributed by atoms with E-state index < -0.39 is 12.1 Å². The van der Waals surface area contributed by atoms with Crippen molar-refractivity contribution in [3.63, 3.8) is 0 Å². The van der Waals surface area contributed by atoms with Gasteiger partial charge in [0.25, 0.3) is 0 Å². The summed E-state index contributed by atoms with van der Waals surface area (Å²) in [6.45, 7) is 9.34. The number of aromatic nitrogens is 4. The first kappa shape index (κ1) is 38.3. The van der Waals surface area contributed by atoms with E-state index in [4.69, 9.17) is 9.72 Å². The number of methoxy groups -OCH3 is 1. The topological polar surface area (TPSA) is 140 Å². The Morgan fingerprint density at radius 2 is 1.22 bits per heavy atom. The number of ether oxygens (including phenoxy) is 1. The summed E-state index contributed by atoms with van der Waals surface area (Å²) in [6, 6.07) is 15.0. The van der Waals surface area contributed by atoms with Crippen LogP contribution in [0.1, 0.15) is 88.2 Å². The highest BCUT2D eigenvalue weighted by atomic mass is 16.5. The van der Waals surface area contributed by atoms with E-state index in [2.05, 4.69) is 46.0 Å². The normalized spacial score (nSPS) is 18.2. The molecule has 4 aromatic rings. The number of benzene rings is 2. The molecule has 54 heavy (non-hydrogen) atoms. The second-order valence-electron chi connectivity index (χ2n) is 15.2. The van der Waals surface area contributed by atoms with Gasteiger partial charge >= 0.3 is 6.09 Å². The molecule has 6 rings (SSSR count). The Bertz CT molecular complexity index is 1980. The molecule has 4 atom stereocenters. The fraction of sp³-hybridized carbons (Fsp3) is 0.452. The van der Waals surface area contributed by atoms with Gasteiger partial charge in [-0.05, 0) is 87.0 Å². The van der Waals surface area contributed by atoms with Gasteiger partial charge in [0.1, 0.15) is 17.7 Å². The monoisotopic (exact) mass is 732 g/mol. The van der Waals surface area contributed by atoms with Crippen molar-refractivity contribution in [3.05, 3.63) is 83.7 Å². The predicted octanol–water partition coefficient (Wildman–Crippen LogP) is 6.16. The minimum absolute atomic E-state index is 0.0477. The Kier molecular flexibility index (Phi) is 11.9. The zero-order valence-corrected chi connectivity index (χ0v) is 32.3. The van der Waals surface area contributed by atoms with Crippen molar-refractivity contribution in [2.75, 3.05) is 34.3 Å². The summed E-state index contributed by atoms with van der Waals surface area (Å²) in [5, 5.41) is 2.69. The number of imidazole rings is 2. The van der Waals surface area contributed by atoms with Gasteiger partial charge in [0.15, 0.2) is 0 Å². The van der Waals surface area contributed by atoms with Crippen molar-refractivity contribution in [1.82, 2.24) is 40.0 Å². The van der Waals surface area contributed by atoms with Gasteiger partial charge in [-0.1, -0.05) is 63.8 Å². The number of nitrogens with zero attached hydrogens (tertiary/aromatic N) is 5. The molecule has 2 aliphatic heterocycles. The molecule has 3 N–H and O–H groups in total. The highest BCUT2D eigenvalue weighted by Gasteiger charge is 2.39. The SMILES string of the molecule is COC(=O)NC(C(=O)N1CCCC1c1ncc(-c2ccc(C#Cc3ccc(-c4cnc(C5CCCN5C(=O)C(C(C)C)N(C)C)[nH]4)cc3)cc2)[nH]1)C(C)C. The second kappa shape index (κ2) is 16.7. The Balaban J connectivity index is 1.08. The lowest BCUT2D eigenvalue weighted by Gasteiger charge is -2.33. The van der Waals surface area contributed by atoms with Crippen LogP contribution in [-0.4, -0.2) is 98.9 Å². The number of alkyl carbamates (subject to hydrolysis) is 1. The van der Waals surface area contributed by atoms with E-state index in [0.717, 1.165) is 77.5 Å². The van der Waals surface area contributed by atoms with E-state index in [1.807, 2.05) is 97.4 Å². The minimum Gasteiger partial charge on any atom is -0.453 e. The standard InChI is InChI=1S/C42H52N8O4/c1-26(2)36(47-42(53)54-7)40(51)49-22-8-10-34(49)38-43-24-32(45-38)30-18-14-28(15-19-30)12-13-29-16-20-31(21-17-29)33-25-44-39(46-33)35-11-9-23-50(35)41(52)37(27(3)4)48(5)6/h14-21,24-27,34-37H,8-11,22-23H2,1-7H3,(H,43,45)(H,44,46)(H,47,53). The Hall–Kier alpha value is -5.41. The molecule has 2 aliphatic rings. The number of likely N-dealkylation sites (N-methyl/N-ethyl adjacent to an activating group) is 1. The largest absolute Gasteiger partial charge is 0.453 e. The number of aromatic amines is 2. The van der Waals surface area contributed by atoms with Crippen molar-refractivity contribution in [3.8, 4) is 34.4 Å². The highest BCUT2D eigenvalue weighted by molar-refractivity contribution is 5.86. The van der Waals surface area contributed by atoms with Crippen LogP contribution >= 0.6 is 0 Å². The van der Waals surface area contributed by atoms with Crippen molar-refractivity contribution < 1.29 is 19.1 Å². The number of H-pyrrole nitrogens is 2. The average molecular weight is 733 g/mol. The Morgan fingerprint density at radius 3 is 1.63 bits per heavy atom. The molecule has 2 aromatic carbocycles. The summed E-state index contributed by atoms with van der Waals surface area (Å²) < 4.78 is 4.75. The van der Waals surface area contributed by atoms with Crippen LogP contribution in [0.3, 0.4) is 0 Å². The van der Waals surface area contributed by atoms with Crippen LogP contribution in [0.5, 0.6) is 0 Å². The third kappa shape index (κ3) is 8.37. The molecule has 0 saturated carbocycles. The van der Waals surface area contributed by atoms with E-state index >= 15 is 0 Å². The van der Waals surface area contributed by atoms with Gasteiger partial charge in [-0.15, -0.1) is 0 Å². The van der Waals surface area contributed by atoms with E-state index in [9.17, 15) is 14.4 Å². The molecule has 0 aliphatic carbocycles. The molecule has 284 valence electrons. The molecule has 0 radical (unpaired) electrons. The molecule has 12 heteroatoms. The number of carbonyl (C=O) groups is 3. The Morgan fingerprint density at radius 1 is 0.759 bits per heavy atom. The first-order valence-electron chi connectivity index (χ1n) is 18.9. The number of nitrogens with one attached hydrogen (secondary N) is 3. The lowest BCUT2D eigenvalue weighted by atomic mass is 10.0. The summed E-state index contributed by atoms with van der Waals surface area (Å²) in [5.41, 5.74) is 5.53. The van der Waals surface area contributed by atoms with Gasteiger partial charge in [0.05, 0.1) is 49.0 Å². The van der Waals surface area contributed by atoms with Crippen LogP contribution < -0.4 is 5.32 Å². The number of likely N-dealkylation sites (tertiary alicyclic amines) is 2. The van der Waals surface area contributed by atoms with Gasteiger partial charge in [0.2, 0.25) is 11.8 Å². The number of amides is 3. The number of carbonyl (C=O) groups excluding carboxylic acids is 3. The fourth-order valence-corrected chi connectivity index (χ4v) is 7.70. The third-order valence-electron chi connectivity index (χ3n) is 10.5. The van der Waals surface area contributed by atoms with Gasteiger partial charge < -0.3 is 29.8 Å². The molecule has 2 fully saturated rings. The molecule has 4 unspecified atom stereocenters. The van der Waals surface area contributed by atoms with Crippen LogP contribution in [0.2, 0.25) is 0 Å². The van der Waals surface area contributed by atoms with E-state index in [0.29, 0.717) is 6.54 Å². The van der Waals surface area contributed by atoms with Crippen LogP contribution in [0, 0.1) is 23.7 Å². The molecule has 0 spiro atoms. The van der Waals surface area contributed by atoms with Gasteiger partial charge in [-0.2, -0.15) is 0 Å². The number of rotatable bonds is 10. The summed E-state index contributed by atoms with van der Waals surface area (Å²) in [5.74, 6) is 8.24. The lowest BCUT2D eigenvalue weighted by molar-refractivity contribution is -0.138. The van der Waals surface area contributed by atoms with Crippen molar-refractivity contribution in [2.45, 2.75) is 77.5 Å². The van der Waals surface area contributed by atoms with Gasteiger partial charge in [-0.3, -0.25) is 14.5 Å². The highest BCUT2D eigenvalue weighted by Crippen LogP contribution is 2.34. The quantitative estimate of drug-likeness (QED) is 0.166. The second-order valence-corrected chi connectivity index (χ2v) is 15.2. The van der Waals surface area contributed by atoms with Crippen LogP contribution in [0.25, 0.3) is 22.5 Å². The first-order valence-corrected chi connectivity index (χ1v) is 18.9. The lowest BCUT2D eigenvalue weighted by Crippen LogP contribution is -2.51. The zero-order chi connectivity index (χ0) is 38.5. The molecule has 12 nitrogen and oxygen atoms in total. The maximum absolute atomic E-state index is 13.5. The summed E-state index contributed by atoms with van der Waals surface area (Å²) in [7, 11) is 5.23. The zero-order valence-electron chi connectivity index (χ0n) is 32.3. The molecular weight excluding hydrogens is 681 g/mol. The number of hydrogen-bond donors (Lipinski definition) is 3.